The minimum absolute atomic E-state index is 0. The van der Waals surface area contributed by atoms with Gasteiger partial charge in [-0.25, -0.2) is 0 Å². The van der Waals surface area contributed by atoms with Crippen molar-refractivity contribution in [2.45, 2.75) is 31.7 Å². The molecule has 1 unspecified atom stereocenters. The first-order valence-corrected chi connectivity index (χ1v) is 5.89. The van der Waals surface area contributed by atoms with Crippen LogP contribution in [0.3, 0.4) is 0 Å². The first-order chi connectivity index (χ1) is 8.47. The maximum absolute atomic E-state index is 12.4. The molecular weight excluding hydrogens is 283 g/mol. The molecule has 0 radical (unpaired) electrons. The van der Waals surface area contributed by atoms with Crippen molar-refractivity contribution in [3.63, 3.8) is 0 Å². The van der Waals surface area contributed by atoms with Crippen molar-refractivity contribution in [3.8, 4) is 0 Å². The highest BCUT2D eigenvalue weighted by Gasteiger charge is 2.34. The molecule has 0 spiro atoms. The van der Waals surface area contributed by atoms with Gasteiger partial charge in [0.15, 0.2) is 5.69 Å². The first-order valence-electron chi connectivity index (χ1n) is 5.89. The lowest BCUT2D eigenvalue weighted by atomic mass is 10.2. The van der Waals surface area contributed by atoms with E-state index in [0.29, 0.717) is 18.8 Å². The zero-order chi connectivity index (χ0) is 13.2. The number of hydrogen-bond donors (Lipinski definition) is 1. The quantitative estimate of drug-likeness (QED) is 0.926. The summed E-state index contributed by atoms with van der Waals surface area (Å²) in [6, 6.07) is 1.07. The zero-order valence-electron chi connectivity index (χ0n) is 10.5. The summed E-state index contributed by atoms with van der Waals surface area (Å²) in [6.07, 6.45) is -2.15. The second-order valence-corrected chi connectivity index (χ2v) is 4.41. The van der Waals surface area contributed by atoms with Crippen LogP contribution < -0.4 is 5.32 Å². The molecule has 0 bridgehead atoms. The monoisotopic (exact) mass is 299 g/mol. The number of alkyl halides is 3. The Kier molecular flexibility index (Phi) is 5.64. The van der Waals surface area contributed by atoms with Gasteiger partial charge in [-0.3, -0.25) is 4.68 Å². The summed E-state index contributed by atoms with van der Waals surface area (Å²) >= 11 is 0. The Labute approximate surface area is 115 Å². The van der Waals surface area contributed by atoms with E-state index in [9.17, 15) is 13.2 Å². The normalized spacial score (nSPS) is 19.5. The lowest BCUT2D eigenvalue weighted by Crippen LogP contribution is -2.26. The van der Waals surface area contributed by atoms with Gasteiger partial charge in [0.05, 0.1) is 11.8 Å². The molecule has 1 fully saturated rings. The summed E-state index contributed by atoms with van der Waals surface area (Å²) in [7, 11) is 1.51. The maximum Gasteiger partial charge on any atom is 0.435 e. The molecule has 110 valence electrons. The summed E-state index contributed by atoms with van der Waals surface area (Å²) < 4.78 is 44.0. The van der Waals surface area contributed by atoms with E-state index in [0.717, 1.165) is 25.5 Å². The average molecular weight is 300 g/mol. The van der Waals surface area contributed by atoms with Gasteiger partial charge in [-0.05, 0) is 18.9 Å². The smallest absolute Gasteiger partial charge is 0.377 e. The molecule has 1 aromatic rings. The maximum atomic E-state index is 12.4. The fraction of sp³-hybridized carbons (Fsp3) is 0.727. The van der Waals surface area contributed by atoms with Crippen molar-refractivity contribution in [2.75, 3.05) is 13.2 Å². The molecule has 0 amide bonds. The van der Waals surface area contributed by atoms with Crippen molar-refractivity contribution in [3.05, 3.63) is 17.5 Å². The third-order valence-electron chi connectivity index (χ3n) is 2.97. The van der Waals surface area contributed by atoms with E-state index < -0.39 is 11.9 Å². The van der Waals surface area contributed by atoms with E-state index >= 15 is 0 Å². The van der Waals surface area contributed by atoms with E-state index in [4.69, 9.17) is 4.74 Å². The summed E-state index contributed by atoms with van der Waals surface area (Å²) in [5, 5.41) is 6.55. The molecule has 4 nitrogen and oxygen atoms in total. The van der Waals surface area contributed by atoms with E-state index in [1.54, 1.807) is 0 Å². The number of ether oxygens (including phenoxy) is 1. The van der Waals surface area contributed by atoms with Crippen molar-refractivity contribution < 1.29 is 17.9 Å². The molecule has 0 aliphatic carbocycles. The molecule has 0 aromatic carbocycles. The average Bonchev–Trinajstić information content (AvgIpc) is 2.88. The van der Waals surface area contributed by atoms with Crippen LogP contribution in [-0.2, 0) is 24.5 Å². The van der Waals surface area contributed by atoms with Gasteiger partial charge < -0.3 is 10.1 Å². The minimum Gasteiger partial charge on any atom is -0.377 e. The first kappa shape index (κ1) is 16.3. The van der Waals surface area contributed by atoms with Gasteiger partial charge >= 0.3 is 6.18 Å². The fourth-order valence-electron chi connectivity index (χ4n) is 1.98. The highest BCUT2D eigenvalue weighted by molar-refractivity contribution is 5.85. The topological polar surface area (TPSA) is 39.1 Å². The molecule has 2 heterocycles. The largest absolute Gasteiger partial charge is 0.435 e. The number of rotatable bonds is 4. The SMILES string of the molecule is Cl.Cn1nc(C(F)(F)F)cc1CNCC1CCCO1. The van der Waals surface area contributed by atoms with Crippen LogP contribution in [0.1, 0.15) is 24.2 Å². The minimum atomic E-state index is -4.38. The summed E-state index contributed by atoms with van der Waals surface area (Å²) in [4.78, 5) is 0. The van der Waals surface area contributed by atoms with Crippen LogP contribution in [0, 0.1) is 0 Å². The molecule has 1 aliphatic heterocycles. The van der Waals surface area contributed by atoms with Gasteiger partial charge in [-0.1, -0.05) is 0 Å². The highest BCUT2D eigenvalue weighted by atomic mass is 35.5. The Bertz CT molecular complexity index is 402. The molecule has 19 heavy (non-hydrogen) atoms. The van der Waals surface area contributed by atoms with Gasteiger partial charge in [0.1, 0.15) is 0 Å². The van der Waals surface area contributed by atoms with Crippen molar-refractivity contribution >= 4 is 12.4 Å². The van der Waals surface area contributed by atoms with E-state index in [1.165, 1.54) is 11.7 Å². The molecule has 8 heteroatoms. The van der Waals surface area contributed by atoms with Crippen LogP contribution >= 0.6 is 12.4 Å². The predicted molar refractivity (Wildman–Crippen MR) is 66.1 cm³/mol. The highest BCUT2D eigenvalue weighted by Crippen LogP contribution is 2.28. The molecule has 1 aromatic heterocycles. The van der Waals surface area contributed by atoms with Crippen molar-refractivity contribution in [1.29, 1.82) is 0 Å². The van der Waals surface area contributed by atoms with Crippen LogP contribution in [-0.4, -0.2) is 29.0 Å². The Morgan fingerprint density at radius 3 is 2.79 bits per heavy atom. The second-order valence-electron chi connectivity index (χ2n) is 4.41. The molecule has 1 N–H and O–H groups in total. The van der Waals surface area contributed by atoms with Crippen LogP contribution in [0.5, 0.6) is 0 Å². The second kappa shape index (κ2) is 6.58. The molecular formula is C11H17ClF3N3O. The van der Waals surface area contributed by atoms with E-state index in [2.05, 4.69) is 10.4 Å². The lowest BCUT2D eigenvalue weighted by molar-refractivity contribution is -0.141. The molecule has 1 saturated heterocycles. The van der Waals surface area contributed by atoms with Crippen LogP contribution in [0.2, 0.25) is 0 Å². The predicted octanol–water partition coefficient (Wildman–Crippen LogP) is 2.13. The van der Waals surface area contributed by atoms with Crippen LogP contribution in [0.25, 0.3) is 0 Å². The summed E-state index contributed by atoms with van der Waals surface area (Å²) in [5.41, 5.74) is -0.334. The molecule has 2 rings (SSSR count). The van der Waals surface area contributed by atoms with E-state index in [1.807, 2.05) is 0 Å². The van der Waals surface area contributed by atoms with Gasteiger partial charge in [-0.2, -0.15) is 18.3 Å². The number of nitrogens with one attached hydrogen (secondary N) is 1. The van der Waals surface area contributed by atoms with Crippen molar-refractivity contribution in [2.24, 2.45) is 7.05 Å². The summed E-state index contributed by atoms with van der Waals surface area (Å²) in [5.74, 6) is 0. The summed E-state index contributed by atoms with van der Waals surface area (Å²) in [6.45, 7) is 1.79. The Hall–Kier alpha value is -0.790. The van der Waals surface area contributed by atoms with Gasteiger partial charge in [0, 0.05) is 26.7 Å². The van der Waals surface area contributed by atoms with E-state index in [-0.39, 0.29) is 18.5 Å². The Morgan fingerprint density at radius 2 is 2.26 bits per heavy atom. The van der Waals surface area contributed by atoms with Crippen LogP contribution in [0.4, 0.5) is 13.2 Å². The van der Waals surface area contributed by atoms with Crippen molar-refractivity contribution in [1.82, 2.24) is 15.1 Å². The third kappa shape index (κ3) is 4.36. The third-order valence-corrected chi connectivity index (χ3v) is 2.97. The fourth-order valence-corrected chi connectivity index (χ4v) is 1.98. The number of aryl methyl sites for hydroxylation is 1. The number of aromatic nitrogens is 2. The Morgan fingerprint density at radius 1 is 1.53 bits per heavy atom. The Balaban J connectivity index is 0.00000180. The van der Waals surface area contributed by atoms with Gasteiger partial charge in [0.25, 0.3) is 0 Å². The zero-order valence-corrected chi connectivity index (χ0v) is 11.4. The standard InChI is InChI=1S/C11H16F3N3O.ClH/c1-17-8(5-10(16-17)11(12,13)14)6-15-7-9-3-2-4-18-9;/h5,9,15H,2-4,6-7H2,1H3;1H. The number of nitrogens with zero attached hydrogens (tertiary/aromatic N) is 2. The molecule has 1 aliphatic rings. The van der Waals surface area contributed by atoms with Crippen LogP contribution in [0.15, 0.2) is 6.07 Å². The molecule has 1 atom stereocenters. The lowest BCUT2D eigenvalue weighted by Gasteiger charge is -2.10. The molecule has 0 saturated carbocycles. The number of hydrogen-bond acceptors (Lipinski definition) is 3. The van der Waals surface area contributed by atoms with Gasteiger partial charge in [-0.15, -0.1) is 12.4 Å². The number of halogens is 4. The van der Waals surface area contributed by atoms with Gasteiger partial charge in [0.2, 0.25) is 0 Å².